The third-order valence-corrected chi connectivity index (χ3v) is 4.51. The van der Waals surface area contributed by atoms with Gasteiger partial charge in [0.1, 0.15) is 12.1 Å². The van der Waals surface area contributed by atoms with Crippen molar-refractivity contribution in [2.45, 2.75) is 25.5 Å². The Morgan fingerprint density at radius 3 is 2.71 bits per heavy atom. The lowest BCUT2D eigenvalue weighted by molar-refractivity contribution is -0.143. The van der Waals surface area contributed by atoms with E-state index in [1.165, 1.54) is 0 Å². The summed E-state index contributed by atoms with van der Waals surface area (Å²) in [5.41, 5.74) is -0.449. The van der Waals surface area contributed by atoms with Crippen LogP contribution in [0.5, 0.6) is 0 Å². The largest absolute Gasteiger partial charge is 0.375 e. The van der Waals surface area contributed by atoms with Crippen LogP contribution in [0.25, 0.3) is 0 Å². The van der Waals surface area contributed by atoms with Crippen LogP contribution >= 0.6 is 0 Å². The van der Waals surface area contributed by atoms with Crippen molar-refractivity contribution in [1.29, 1.82) is 0 Å². The standard InChI is InChI=1S/C17H21N3O4/c1-12-10-19(8-9-24-12)14(21)11-20-15(22)17(2,18-16(20)23)13-6-4-3-5-7-13/h3-7,12H,8-11H2,1-2H3,(H,18,23). The van der Waals surface area contributed by atoms with Crippen LogP contribution in [0.15, 0.2) is 30.3 Å². The molecular formula is C17H21N3O4. The number of morpholine rings is 1. The van der Waals surface area contributed by atoms with E-state index in [-0.39, 0.29) is 18.6 Å². The number of amides is 4. The normalized spacial score (nSPS) is 27.3. The number of nitrogens with zero attached hydrogens (tertiary/aromatic N) is 2. The SMILES string of the molecule is CC1CN(C(=O)CN2C(=O)NC(C)(c3ccccc3)C2=O)CCO1. The first-order valence-corrected chi connectivity index (χ1v) is 8.01. The summed E-state index contributed by atoms with van der Waals surface area (Å²) in [6.45, 7) is 4.71. The highest BCUT2D eigenvalue weighted by Gasteiger charge is 2.49. The second kappa shape index (κ2) is 6.24. The van der Waals surface area contributed by atoms with Crippen molar-refractivity contribution in [2.75, 3.05) is 26.2 Å². The van der Waals surface area contributed by atoms with Crippen molar-refractivity contribution in [3.8, 4) is 0 Å². The number of hydrogen-bond acceptors (Lipinski definition) is 4. The minimum Gasteiger partial charge on any atom is -0.375 e. The third-order valence-electron chi connectivity index (χ3n) is 4.51. The minimum absolute atomic E-state index is 0.0413. The molecule has 1 aromatic rings. The Morgan fingerprint density at radius 1 is 1.33 bits per heavy atom. The molecule has 7 heteroatoms. The maximum atomic E-state index is 12.8. The van der Waals surface area contributed by atoms with Crippen LogP contribution < -0.4 is 5.32 Å². The summed E-state index contributed by atoms with van der Waals surface area (Å²) >= 11 is 0. The van der Waals surface area contributed by atoms with E-state index in [1.807, 2.05) is 25.1 Å². The van der Waals surface area contributed by atoms with E-state index >= 15 is 0 Å². The van der Waals surface area contributed by atoms with Gasteiger partial charge >= 0.3 is 6.03 Å². The number of urea groups is 1. The van der Waals surface area contributed by atoms with Gasteiger partial charge in [0.05, 0.1) is 12.7 Å². The van der Waals surface area contributed by atoms with Gasteiger partial charge in [0.15, 0.2) is 0 Å². The molecule has 0 saturated carbocycles. The Labute approximate surface area is 140 Å². The lowest BCUT2D eigenvalue weighted by atomic mass is 9.92. The predicted molar refractivity (Wildman–Crippen MR) is 86.0 cm³/mol. The molecule has 4 amide bonds. The lowest BCUT2D eigenvalue weighted by Crippen LogP contribution is -2.49. The molecule has 0 bridgehead atoms. The molecule has 1 N–H and O–H groups in total. The zero-order valence-electron chi connectivity index (χ0n) is 13.8. The molecule has 24 heavy (non-hydrogen) atoms. The van der Waals surface area contributed by atoms with Crippen molar-refractivity contribution < 1.29 is 19.1 Å². The van der Waals surface area contributed by atoms with Gasteiger partial charge in [-0.2, -0.15) is 0 Å². The average molecular weight is 331 g/mol. The number of ether oxygens (including phenoxy) is 1. The highest BCUT2D eigenvalue weighted by molar-refractivity contribution is 6.09. The van der Waals surface area contributed by atoms with Crippen LogP contribution in [0.1, 0.15) is 19.4 Å². The van der Waals surface area contributed by atoms with E-state index in [9.17, 15) is 14.4 Å². The molecule has 2 heterocycles. The van der Waals surface area contributed by atoms with Crippen LogP contribution in [0.2, 0.25) is 0 Å². The van der Waals surface area contributed by atoms with E-state index in [4.69, 9.17) is 4.74 Å². The van der Waals surface area contributed by atoms with E-state index in [0.29, 0.717) is 25.3 Å². The van der Waals surface area contributed by atoms with Crippen molar-refractivity contribution in [1.82, 2.24) is 15.1 Å². The predicted octanol–water partition coefficient (Wildman–Crippen LogP) is 0.701. The summed E-state index contributed by atoms with van der Waals surface area (Å²) in [6.07, 6.45) is -0.0413. The van der Waals surface area contributed by atoms with Crippen LogP contribution in [0.4, 0.5) is 4.79 Å². The summed E-state index contributed by atoms with van der Waals surface area (Å²) in [5.74, 6) is -0.653. The number of carbonyl (C=O) groups excluding carboxylic acids is 3. The second-order valence-corrected chi connectivity index (χ2v) is 6.33. The van der Waals surface area contributed by atoms with Gasteiger partial charge in [-0.25, -0.2) is 4.79 Å². The molecule has 0 aromatic heterocycles. The zero-order valence-corrected chi connectivity index (χ0v) is 13.8. The van der Waals surface area contributed by atoms with E-state index in [1.54, 1.807) is 24.0 Å². The van der Waals surface area contributed by atoms with Crippen LogP contribution in [-0.2, 0) is 19.9 Å². The Bertz CT molecular complexity index is 663. The van der Waals surface area contributed by atoms with E-state index in [2.05, 4.69) is 5.32 Å². The molecule has 2 aliphatic heterocycles. The van der Waals surface area contributed by atoms with Crippen LogP contribution in [0.3, 0.4) is 0 Å². The first kappa shape index (κ1) is 16.4. The van der Waals surface area contributed by atoms with Crippen molar-refractivity contribution in [3.05, 3.63) is 35.9 Å². The molecule has 1 aromatic carbocycles. The molecule has 7 nitrogen and oxygen atoms in total. The second-order valence-electron chi connectivity index (χ2n) is 6.33. The van der Waals surface area contributed by atoms with E-state index < -0.39 is 17.5 Å². The van der Waals surface area contributed by atoms with Gasteiger partial charge in [0.2, 0.25) is 5.91 Å². The van der Waals surface area contributed by atoms with Gasteiger partial charge in [-0.1, -0.05) is 30.3 Å². The van der Waals surface area contributed by atoms with Gasteiger partial charge in [-0.15, -0.1) is 0 Å². The number of rotatable bonds is 3. The Balaban J connectivity index is 1.74. The third kappa shape index (κ3) is 2.87. The molecule has 2 aliphatic rings. The van der Waals surface area contributed by atoms with Crippen LogP contribution in [0, 0.1) is 0 Å². The zero-order chi connectivity index (χ0) is 17.3. The quantitative estimate of drug-likeness (QED) is 0.827. The van der Waals surface area contributed by atoms with Crippen molar-refractivity contribution in [3.63, 3.8) is 0 Å². The van der Waals surface area contributed by atoms with Gasteiger partial charge in [0, 0.05) is 13.1 Å². The monoisotopic (exact) mass is 331 g/mol. The van der Waals surface area contributed by atoms with Crippen molar-refractivity contribution in [2.24, 2.45) is 0 Å². The summed E-state index contributed by atoms with van der Waals surface area (Å²) in [6, 6.07) is 8.49. The van der Waals surface area contributed by atoms with Gasteiger partial charge < -0.3 is 15.0 Å². The molecule has 2 unspecified atom stereocenters. The minimum atomic E-state index is -1.14. The summed E-state index contributed by atoms with van der Waals surface area (Å²) < 4.78 is 5.41. The Kier molecular flexibility index (Phi) is 4.28. The molecule has 0 aliphatic carbocycles. The fourth-order valence-corrected chi connectivity index (χ4v) is 3.09. The maximum Gasteiger partial charge on any atom is 0.325 e. The highest BCUT2D eigenvalue weighted by atomic mass is 16.5. The fourth-order valence-electron chi connectivity index (χ4n) is 3.09. The highest BCUT2D eigenvalue weighted by Crippen LogP contribution is 2.28. The number of nitrogens with one attached hydrogen (secondary N) is 1. The molecule has 0 radical (unpaired) electrons. The Morgan fingerprint density at radius 2 is 2.04 bits per heavy atom. The van der Waals surface area contributed by atoms with E-state index in [0.717, 1.165) is 4.90 Å². The molecule has 2 atom stereocenters. The number of hydrogen-bond donors (Lipinski definition) is 1. The summed E-state index contributed by atoms with van der Waals surface area (Å²) in [5, 5.41) is 2.71. The number of imide groups is 1. The first-order chi connectivity index (χ1) is 11.4. The first-order valence-electron chi connectivity index (χ1n) is 8.01. The topological polar surface area (TPSA) is 79.0 Å². The molecular weight excluding hydrogens is 310 g/mol. The molecule has 128 valence electrons. The van der Waals surface area contributed by atoms with Crippen molar-refractivity contribution >= 4 is 17.8 Å². The maximum absolute atomic E-state index is 12.8. The summed E-state index contributed by atoms with van der Waals surface area (Å²) in [4.78, 5) is 40.1. The van der Waals surface area contributed by atoms with Gasteiger partial charge in [0.25, 0.3) is 5.91 Å². The Hall–Kier alpha value is -2.41. The summed E-state index contributed by atoms with van der Waals surface area (Å²) in [7, 11) is 0. The number of benzene rings is 1. The molecule has 2 saturated heterocycles. The van der Waals surface area contributed by atoms with Gasteiger partial charge in [-0.3, -0.25) is 14.5 Å². The molecule has 3 rings (SSSR count). The number of carbonyl (C=O) groups is 3. The molecule has 2 fully saturated rings. The van der Waals surface area contributed by atoms with Crippen LogP contribution in [-0.4, -0.2) is 60.0 Å². The van der Waals surface area contributed by atoms with Gasteiger partial charge in [-0.05, 0) is 19.4 Å². The lowest BCUT2D eigenvalue weighted by Gasteiger charge is -2.32. The molecule has 0 spiro atoms. The fraction of sp³-hybridized carbons (Fsp3) is 0.471. The smallest absolute Gasteiger partial charge is 0.325 e. The average Bonchev–Trinajstić information content (AvgIpc) is 2.80.